The molecule has 0 aromatic rings. The molecule has 0 aliphatic rings. The van der Waals surface area contributed by atoms with Crippen LogP contribution in [0.25, 0.3) is 0 Å². The molecule has 0 aliphatic carbocycles. The summed E-state index contributed by atoms with van der Waals surface area (Å²) in [5.41, 5.74) is -0.613. The Morgan fingerprint density at radius 1 is 1.00 bits per heavy atom. The fourth-order valence-electron chi connectivity index (χ4n) is 1.51. The van der Waals surface area contributed by atoms with E-state index in [0.29, 0.717) is 0 Å². The van der Waals surface area contributed by atoms with E-state index >= 15 is 0 Å². The van der Waals surface area contributed by atoms with Crippen LogP contribution in [0.5, 0.6) is 0 Å². The molecule has 116 valence electrons. The average Bonchev–Trinajstić information content (AvgIpc) is 2.21. The molecule has 0 spiro atoms. The summed E-state index contributed by atoms with van der Waals surface area (Å²) in [6, 6.07) is -1.44. The SMILES string of the molecule is CC(=O)NC(C)C(=O)N[C@@H](C(=O)OC(C)(C)C)C(C)C. The number of amides is 2. The minimum Gasteiger partial charge on any atom is -0.458 e. The smallest absolute Gasteiger partial charge is 0.329 e. The van der Waals surface area contributed by atoms with Crippen molar-refractivity contribution in [2.45, 2.75) is 66.2 Å². The minimum absolute atomic E-state index is 0.113. The Labute approximate surface area is 120 Å². The van der Waals surface area contributed by atoms with E-state index in [0.717, 1.165) is 0 Å². The zero-order chi connectivity index (χ0) is 16.1. The molecule has 0 heterocycles. The molecule has 0 radical (unpaired) electrons. The first-order valence-electron chi connectivity index (χ1n) is 6.74. The maximum atomic E-state index is 12.1. The minimum atomic E-state index is -0.738. The fraction of sp³-hybridized carbons (Fsp3) is 0.786. The topological polar surface area (TPSA) is 84.5 Å². The van der Waals surface area contributed by atoms with Crippen LogP contribution in [0.2, 0.25) is 0 Å². The first-order valence-corrected chi connectivity index (χ1v) is 6.74. The van der Waals surface area contributed by atoms with Crippen LogP contribution in [-0.4, -0.2) is 35.5 Å². The van der Waals surface area contributed by atoms with Crippen LogP contribution >= 0.6 is 0 Å². The third-order valence-corrected chi connectivity index (χ3v) is 2.44. The second kappa shape index (κ2) is 7.26. The molecule has 0 fully saturated rings. The first kappa shape index (κ1) is 18.4. The molecule has 1 unspecified atom stereocenters. The van der Waals surface area contributed by atoms with Crippen LogP contribution in [0.1, 0.15) is 48.5 Å². The molecule has 6 heteroatoms. The molecule has 0 saturated heterocycles. The van der Waals surface area contributed by atoms with Crippen molar-refractivity contribution in [2.75, 3.05) is 0 Å². The number of nitrogens with one attached hydrogen (secondary N) is 2. The van der Waals surface area contributed by atoms with Gasteiger partial charge >= 0.3 is 5.97 Å². The third kappa shape index (κ3) is 7.11. The van der Waals surface area contributed by atoms with Gasteiger partial charge < -0.3 is 15.4 Å². The summed E-state index contributed by atoms with van der Waals surface area (Å²) < 4.78 is 5.28. The third-order valence-electron chi connectivity index (χ3n) is 2.44. The second-order valence-electron chi connectivity index (χ2n) is 6.19. The van der Waals surface area contributed by atoms with Gasteiger partial charge in [-0.05, 0) is 33.6 Å². The Balaban J connectivity index is 4.74. The molecule has 0 aromatic carbocycles. The molecule has 0 bridgehead atoms. The second-order valence-corrected chi connectivity index (χ2v) is 6.19. The number of carbonyl (C=O) groups is 3. The number of hydrogen-bond acceptors (Lipinski definition) is 4. The van der Waals surface area contributed by atoms with Crippen LogP contribution < -0.4 is 10.6 Å². The predicted octanol–water partition coefficient (Wildman–Crippen LogP) is 0.994. The summed E-state index contributed by atoms with van der Waals surface area (Å²) in [5, 5.41) is 5.09. The van der Waals surface area contributed by atoms with E-state index in [4.69, 9.17) is 4.74 Å². The van der Waals surface area contributed by atoms with Gasteiger partial charge in [0, 0.05) is 6.92 Å². The Hall–Kier alpha value is -1.59. The molecule has 0 aromatic heterocycles. The molecule has 2 amide bonds. The quantitative estimate of drug-likeness (QED) is 0.738. The molecular weight excluding hydrogens is 260 g/mol. The van der Waals surface area contributed by atoms with Crippen LogP contribution in [0.4, 0.5) is 0 Å². The molecule has 2 N–H and O–H groups in total. The lowest BCUT2D eigenvalue weighted by Crippen LogP contribution is -2.53. The fourth-order valence-corrected chi connectivity index (χ4v) is 1.51. The largest absolute Gasteiger partial charge is 0.458 e. The van der Waals surface area contributed by atoms with Crippen molar-refractivity contribution in [1.82, 2.24) is 10.6 Å². The van der Waals surface area contributed by atoms with E-state index in [1.54, 1.807) is 27.7 Å². The van der Waals surface area contributed by atoms with Gasteiger partial charge in [0.15, 0.2) is 0 Å². The van der Waals surface area contributed by atoms with E-state index in [-0.39, 0.29) is 11.8 Å². The lowest BCUT2D eigenvalue weighted by atomic mass is 10.0. The van der Waals surface area contributed by atoms with Crippen molar-refractivity contribution in [1.29, 1.82) is 0 Å². The number of esters is 1. The van der Waals surface area contributed by atoms with Gasteiger partial charge in [-0.25, -0.2) is 4.79 Å². The standard InChI is InChI=1S/C14H26N2O4/c1-8(2)11(13(19)20-14(5,6)7)16-12(18)9(3)15-10(4)17/h8-9,11H,1-7H3,(H,15,17)(H,16,18)/t9?,11-/m1/s1. The Morgan fingerprint density at radius 3 is 1.85 bits per heavy atom. The van der Waals surface area contributed by atoms with Gasteiger partial charge in [0.2, 0.25) is 11.8 Å². The summed E-state index contributed by atoms with van der Waals surface area (Å²) in [6.45, 7) is 11.8. The van der Waals surface area contributed by atoms with Crippen molar-refractivity contribution in [3.8, 4) is 0 Å². The van der Waals surface area contributed by atoms with Crippen molar-refractivity contribution in [3.63, 3.8) is 0 Å². The van der Waals surface area contributed by atoms with Gasteiger partial charge in [0.1, 0.15) is 17.7 Å². The van der Waals surface area contributed by atoms with Gasteiger partial charge in [-0.2, -0.15) is 0 Å². The maximum Gasteiger partial charge on any atom is 0.329 e. The average molecular weight is 286 g/mol. The molecule has 0 rings (SSSR count). The van der Waals surface area contributed by atoms with Crippen LogP contribution in [0.3, 0.4) is 0 Å². The van der Waals surface area contributed by atoms with Crippen LogP contribution in [0, 0.1) is 5.92 Å². The van der Waals surface area contributed by atoms with Crippen LogP contribution in [0.15, 0.2) is 0 Å². The lowest BCUT2D eigenvalue weighted by molar-refractivity contribution is -0.160. The number of hydrogen-bond donors (Lipinski definition) is 2. The van der Waals surface area contributed by atoms with E-state index in [9.17, 15) is 14.4 Å². The molecule has 20 heavy (non-hydrogen) atoms. The van der Waals surface area contributed by atoms with Crippen molar-refractivity contribution in [3.05, 3.63) is 0 Å². The zero-order valence-corrected chi connectivity index (χ0v) is 13.4. The van der Waals surface area contributed by atoms with E-state index in [1.165, 1.54) is 6.92 Å². The lowest BCUT2D eigenvalue weighted by Gasteiger charge is -2.27. The molecular formula is C14H26N2O4. The van der Waals surface area contributed by atoms with Crippen molar-refractivity contribution in [2.24, 2.45) is 5.92 Å². The van der Waals surface area contributed by atoms with Gasteiger partial charge in [0.25, 0.3) is 0 Å². The Kier molecular flexibility index (Phi) is 6.68. The summed E-state index contributed by atoms with van der Waals surface area (Å²) >= 11 is 0. The van der Waals surface area contributed by atoms with Crippen LogP contribution in [-0.2, 0) is 19.1 Å². The highest BCUT2D eigenvalue weighted by Crippen LogP contribution is 2.12. The predicted molar refractivity (Wildman–Crippen MR) is 75.9 cm³/mol. The van der Waals surface area contributed by atoms with Gasteiger partial charge in [-0.15, -0.1) is 0 Å². The molecule has 0 saturated carbocycles. The van der Waals surface area contributed by atoms with Gasteiger partial charge in [-0.1, -0.05) is 13.8 Å². The van der Waals surface area contributed by atoms with Crippen molar-refractivity contribution >= 4 is 17.8 Å². The summed E-state index contributed by atoms with van der Waals surface area (Å²) in [7, 11) is 0. The normalized spacial score (nSPS) is 14.4. The van der Waals surface area contributed by atoms with E-state index < -0.39 is 29.6 Å². The highest BCUT2D eigenvalue weighted by Gasteiger charge is 2.30. The first-order chi connectivity index (χ1) is 8.94. The summed E-state index contributed by atoms with van der Waals surface area (Å²) in [4.78, 5) is 34.9. The molecule has 2 atom stereocenters. The van der Waals surface area contributed by atoms with Gasteiger partial charge in [0.05, 0.1) is 0 Å². The van der Waals surface area contributed by atoms with Crippen molar-refractivity contribution < 1.29 is 19.1 Å². The number of rotatable bonds is 5. The summed E-state index contributed by atoms with van der Waals surface area (Å²) in [5.74, 6) is -1.30. The van der Waals surface area contributed by atoms with E-state index in [2.05, 4.69) is 10.6 Å². The Morgan fingerprint density at radius 2 is 1.50 bits per heavy atom. The van der Waals surface area contributed by atoms with Gasteiger partial charge in [-0.3, -0.25) is 9.59 Å². The highest BCUT2D eigenvalue weighted by molar-refractivity contribution is 5.90. The highest BCUT2D eigenvalue weighted by atomic mass is 16.6. The maximum absolute atomic E-state index is 12.1. The zero-order valence-electron chi connectivity index (χ0n) is 13.4. The molecule has 6 nitrogen and oxygen atoms in total. The Bertz CT molecular complexity index is 372. The summed E-state index contributed by atoms with van der Waals surface area (Å²) in [6.07, 6.45) is 0. The molecule has 0 aliphatic heterocycles. The number of carbonyl (C=O) groups excluding carboxylic acids is 3. The number of ether oxygens (including phenoxy) is 1. The monoisotopic (exact) mass is 286 g/mol. The van der Waals surface area contributed by atoms with E-state index in [1.807, 2.05) is 13.8 Å².